The van der Waals surface area contributed by atoms with Crippen molar-refractivity contribution in [2.75, 3.05) is 0 Å². The smallest absolute Gasteiger partial charge is 0.346 e. The molecule has 0 fully saturated rings. The average molecular weight is 218 g/mol. The molecule has 1 aromatic carbocycles. The molecule has 1 aromatic rings. The van der Waals surface area contributed by atoms with Crippen molar-refractivity contribution in [3.63, 3.8) is 0 Å². The van der Waals surface area contributed by atoms with E-state index in [1.54, 1.807) is 26.0 Å². The zero-order chi connectivity index (χ0) is 11.9. The highest BCUT2D eigenvalue weighted by molar-refractivity contribution is 6.28. The second-order valence-electron chi connectivity index (χ2n) is 3.72. The monoisotopic (exact) mass is 218 g/mol. The number of benzene rings is 1. The van der Waals surface area contributed by atoms with Crippen LogP contribution in [0.15, 0.2) is 18.2 Å². The average Bonchev–Trinajstić information content (AvgIpc) is 2.51. The van der Waals surface area contributed by atoms with Crippen LogP contribution < -0.4 is 0 Å². The van der Waals surface area contributed by atoms with Crippen LogP contribution in [-0.2, 0) is 14.3 Å². The topological polar surface area (TPSA) is 63.6 Å². The molecule has 0 amide bonds. The number of ether oxygens (including phenoxy) is 1. The largest absolute Gasteiger partial charge is 0.508 e. The third-order valence-corrected chi connectivity index (χ3v) is 2.51. The van der Waals surface area contributed by atoms with Gasteiger partial charge in [-0.05, 0) is 42.7 Å². The standard InChI is InChI=1S/C12H10O4/c1-6-4-10(13)7(2)3-8(6)9-5-11(14)16-12(9)15/h3-5,13H,1-2H3. The summed E-state index contributed by atoms with van der Waals surface area (Å²) in [6.45, 7) is 3.48. The lowest BCUT2D eigenvalue weighted by atomic mass is 9.98. The quantitative estimate of drug-likeness (QED) is 0.572. The maximum Gasteiger partial charge on any atom is 0.346 e. The Hall–Kier alpha value is -2.10. The van der Waals surface area contributed by atoms with Gasteiger partial charge in [0.05, 0.1) is 5.57 Å². The predicted octanol–water partition coefficient (Wildman–Crippen LogP) is 1.48. The van der Waals surface area contributed by atoms with Gasteiger partial charge in [0.1, 0.15) is 5.75 Å². The number of aryl methyl sites for hydroxylation is 2. The van der Waals surface area contributed by atoms with Crippen molar-refractivity contribution in [3.8, 4) is 5.75 Å². The van der Waals surface area contributed by atoms with Crippen LogP contribution >= 0.6 is 0 Å². The molecule has 16 heavy (non-hydrogen) atoms. The Morgan fingerprint density at radius 1 is 1.12 bits per heavy atom. The molecule has 0 spiro atoms. The van der Waals surface area contributed by atoms with Gasteiger partial charge in [0.25, 0.3) is 0 Å². The van der Waals surface area contributed by atoms with Gasteiger partial charge in [0.15, 0.2) is 0 Å². The normalized spacial score (nSPS) is 15.0. The van der Waals surface area contributed by atoms with Crippen LogP contribution in [0, 0.1) is 13.8 Å². The van der Waals surface area contributed by atoms with Crippen LogP contribution in [0.2, 0.25) is 0 Å². The molecular weight excluding hydrogens is 208 g/mol. The lowest BCUT2D eigenvalue weighted by Crippen LogP contribution is -2.02. The summed E-state index contributed by atoms with van der Waals surface area (Å²) in [6.07, 6.45) is 1.17. The molecular formula is C12H10O4. The fraction of sp³-hybridized carbons (Fsp3) is 0.167. The van der Waals surface area contributed by atoms with Gasteiger partial charge in [-0.1, -0.05) is 0 Å². The van der Waals surface area contributed by atoms with E-state index in [1.807, 2.05) is 0 Å². The van der Waals surface area contributed by atoms with Gasteiger partial charge in [-0.3, -0.25) is 0 Å². The molecule has 1 heterocycles. The summed E-state index contributed by atoms with van der Waals surface area (Å²) in [6, 6.07) is 3.22. The lowest BCUT2D eigenvalue weighted by Gasteiger charge is -2.07. The van der Waals surface area contributed by atoms with E-state index in [4.69, 9.17) is 0 Å². The van der Waals surface area contributed by atoms with Gasteiger partial charge in [-0.25, -0.2) is 9.59 Å². The van der Waals surface area contributed by atoms with Crippen LogP contribution in [0.1, 0.15) is 16.7 Å². The Bertz CT molecular complexity index is 526. The van der Waals surface area contributed by atoms with Crippen molar-refractivity contribution in [2.24, 2.45) is 0 Å². The van der Waals surface area contributed by atoms with Crippen molar-refractivity contribution < 1.29 is 19.4 Å². The molecule has 82 valence electrons. The molecule has 0 atom stereocenters. The maximum atomic E-state index is 11.4. The van der Waals surface area contributed by atoms with E-state index in [9.17, 15) is 14.7 Å². The third-order valence-electron chi connectivity index (χ3n) is 2.51. The van der Waals surface area contributed by atoms with Gasteiger partial charge in [0, 0.05) is 6.08 Å². The summed E-state index contributed by atoms with van der Waals surface area (Å²) >= 11 is 0. The van der Waals surface area contributed by atoms with Crippen LogP contribution in [0.5, 0.6) is 5.75 Å². The first-order valence-corrected chi connectivity index (χ1v) is 4.77. The van der Waals surface area contributed by atoms with E-state index in [1.165, 1.54) is 6.08 Å². The zero-order valence-corrected chi connectivity index (χ0v) is 8.90. The molecule has 0 saturated heterocycles. The fourth-order valence-electron chi connectivity index (χ4n) is 1.63. The molecule has 1 aliphatic heterocycles. The van der Waals surface area contributed by atoms with E-state index in [-0.39, 0.29) is 11.3 Å². The van der Waals surface area contributed by atoms with Crippen molar-refractivity contribution in [1.29, 1.82) is 0 Å². The minimum atomic E-state index is -0.648. The molecule has 4 nitrogen and oxygen atoms in total. The van der Waals surface area contributed by atoms with E-state index in [0.717, 1.165) is 5.56 Å². The minimum Gasteiger partial charge on any atom is -0.508 e. The Labute approximate surface area is 92.2 Å². The Morgan fingerprint density at radius 3 is 2.38 bits per heavy atom. The second kappa shape index (κ2) is 3.48. The highest BCUT2D eigenvalue weighted by Crippen LogP contribution is 2.29. The SMILES string of the molecule is Cc1cc(C2=CC(=O)OC2=O)c(C)cc1O. The number of esters is 2. The number of rotatable bonds is 1. The summed E-state index contributed by atoms with van der Waals surface area (Å²) in [7, 11) is 0. The first-order valence-electron chi connectivity index (χ1n) is 4.77. The van der Waals surface area contributed by atoms with E-state index >= 15 is 0 Å². The van der Waals surface area contributed by atoms with Gasteiger partial charge < -0.3 is 9.84 Å². The molecule has 0 radical (unpaired) electrons. The maximum absolute atomic E-state index is 11.4. The van der Waals surface area contributed by atoms with Crippen molar-refractivity contribution >= 4 is 17.5 Å². The van der Waals surface area contributed by atoms with Crippen LogP contribution in [0.25, 0.3) is 5.57 Å². The zero-order valence-electron chi connectivity index (χ0n) is 8.90. The number of aromatic hydroxyl groups is 1. The van der Waals surface area contributed by atoms with Crippen molar-refractivity contribution in [1.82, 2.24) is 0 Å². The van der Waals surface area contributed by atoms with Gasteiger partial charge in [-0.15, -0.1) is 0 Å². The molecule has 0 saturated carbocycles. The van der Waals surface area contributed by atoms with Gasteiger partial charge in [0.2, 0.25) is 0 Å². The summed E-state index contributed by atoms with van der Waals surface area (Å²) < 4.78 is 4.42. The third kappa shape index (κ3) is 1.58. The van der Waals surface area contributed by atoms with Crippen molar-refractivity contribution in [2.45, 2.75) is 13.8 Å². The molecule has 4 heteroatoms. The highest BCUT2D eigenvalue weighted by atomic mass is 16.6. The number of hydrogen-bond donors (Lipinski definition) is 1. The number of phenols is 1. The number of carbonyl (C=O) groups is 2. The predicted molar refractivity (Wildman–Crippen MR) is 56.7 cm³/mol. The number of carbonyl (C=O) groups excluding carboxylic acids is 2. The number of phenolic OH excluding ortho intramolecular Hbond substituents is 1. The highest BCUT2D eigenvalue weighted by Gasteiger charge is 2.26. The molecule has 1 aliphatic rings. The summed E-state index contributed by atoms with van der Waals surface area (Å²) in [5, 5.41) is 9.48. The van der Waals surface area contributed by atoms with Crippen molar-refractivity contribution in [3.05, 3.63) is 34.9 Å². The number of cyclic esters (lactones) is 2. The van der Waals surface area contributed by atoms with Crippen LogP contribution in [-0.4, -0.2) is 17.0 Å². The minimum absolute atomic E-state index is 0.166. The van der Waals surface area contributed by atoms with E-state index in [0.29, 0.717) is 11.1 Å². The molecule has 1 N–H and O–H groups in total. The van der Waals surface area contributed by atoms with Crippen LogP contribution in [0.4, 0.5) is 0 Å². The molecule has 0 aromatic heterocycles. The molecule has 0 aliphatic carbocycles. The summed E-state index contributed by atoms with van der Waals surface area (Å²) in [4.78, 5) is 22.3. The Morgan fingerprint density at radius 2 is 1.81 bits per heavy atom. The summed E-state index contributed by atoms with van der Waals surface area (Å²) in [5.41, 5.74) is 2.23. The Balaban J connectivity index is 2.57. The van der Waals surface area contributed by atoms with E-state index in [2.05, 4.69) is 4.74 Å². The lowest BCUT2D eigenvalue weighted by molar-refractivity contribution is -0.149. The van der Waals surface area contributed by atoms with Gasteiger partial charge >= 0.3 is 11.9 Å². The fourth-order valence-corrected chi connectivity index (χ4v) is 1.63. The Kier molecular flexibility index (Phi) is 2.27. The molecule has 2 rings (SSSR count). The second-order valence-corrected chi connectivity index (χ2v) is 3.72. The first kappa shape index (κ1) is 10.4. The van der Waals surface area contributed by atoms with E-state index < -0.39 is 11.9 Å². The number of hydrogen-bond acceptors (Lipinski definition) is 4. The first-order chi connectivity index (χ1) is 7.49. The summed E-state index contributed by atoms with van der Waals surface area (Å²) in [5.74, 6) is -1.12. The van der Waals surface area contributed by atoms with Crippen LogP contribution in [0.3, 0.4) is 0 Å². The molecule has 0 unspecified atom stereocenters. The van der Waals surface area contributed by atoms with Gasteiger partial charge in [-0.2, -0.15) is 0 Å². The molecule has 0 bridgehead atoms.